The highest BCUT2D eigenvalue weighted by Crippen LogP contribution is 2.28. The molecule has 0 aliphatic heterocycles. The van der Waals surface area contributed by atoms with E-state index in [4.69, 9.17) is 4.74 Å². The molecule has 7 nitrogen and oxygen atoms in total. The Morgan fingerprint density at radius 3 is 2.55 bits per heavy atom. The first kappa shape index (κ1) is 22.3. The highest BCUT2D eigenvalue weighted by Gasteiger charge is 2.31. The van der Waals surface area contributed by atoms with Crippen molar-refractivity contribution in [2.45, 2.75) is 33.0 Å². The normalized spacial score (nSPS) is 12.5. The zero-order valence-electron chi connectivity index (χ0n) is 17.3. The van der Waals surface area contributed by atoms with Gasteiger partial charge >= 0.3 is 12.2 Å². The van der Waals surface area contributed by atoms with E-state index in [0.29, 0.717) is 30.2 Å². The minimum Gasteiger partial charge on any atom is -0.461 e. The lowest BCUT2D eigenvalue weighted by Crippen LogP contribution is -2.42. The van der Waals surface area contributed by atoms with Crippen LogP contribution >= 0.6 is 0 Å². The summed E-state index contributed by atoms with van der Waals surface area (Å²) in [6, 6.07) is 6.74. The lowest BCUT2D eigenvalue weighted by molar-refractivity contribution is -0.138. The summed E-state index contributed by atoms with van der Waals surface area (Å²) in [6.45, 7) is 5.95. The van der Waals surface area contributed by atoms with Crippen LogP contribution in [-0.4, -0.2) is 49.7 Å². The molecule has 0 radical (unpaired) electrons. The molecule has 2 heterocycles. The summed E-state index contributed by atoms with van der Waals surface area (Å²) in [6.07, 6.45) is 0.202. The predicted octanol–water partition coefficient (Wildman–Crippen LogP) is 3.92. The lowest BCUT2D eigenvalue weighted by atomic mass is 10.1. The van der Waals surface area contributed by atoms with E-state index < -0.39 is 11.7 Å². The van der Waals surface area contributed by atoms with E-state index in [-0.39, 0.29) is 24.6 Å². The number of aromatic nitrogens is 4. The molecule has 1 aromatic carbocycles. The molecule has 0 unspecified atom stereocenters. The molecule has 0 spiro atoms. The van der Waals surface area contributed by atoms with Crippen molar-refractivity contribution < 1.29 is 22.7 Å². The average Bonchev–Trinajstić information content (AvgIpc) is 3.27. The van der Waals surface area contributed by atoms with Crippen LogP contribution in [0.15, 0.2) is 49.1 Å². The highest BCUT2D eigenvalue weighted by atomic mass is 19.4. The lowest BCUT2D eigenvalue weighted by Gasteiger charge is -2.28. The number of rotatable bonds is 7. The van der Waals surface area contributed by atoms with Crippen molar-refractivity contribution in [1.29, 1.82) is 0 Å². The van der Waals surface area contributed by atoms with Crippen LogP contribution < -0.4 is 4.74 Å². The standard InChI is InChI=1S/C21H22F3N5O2/c1-4-28(15(3)13-31-20-25-11-16(12-26-20)21(22,23)24)19(30)17-10-14(2)6-7-18(17)29-9-5-8-27-29/h5-12,15H,4,13H2,1-3H3/t15-/m0/s1. The van der Waals surface area contributed by atoms with Crippen molar-refractivity contribution >= 4 is 5.91 Å². The maximum Gasteiger partial charge on any atom is 0.419 e. The van der Waals surface area contributed by atoms with E-state index >= 15 is 0 Å². The molecule has 164 valence electrons. The fraction of sp³-hybridized carbons (Fsp3) is 0.333. The number of carbonyl (C=O) groups is 1. The smallest absolute Gasteiger partial charge is 0.419 e. The van der Waals surface area contributed by atoms with Crippen molar-refractivity contribution in [3.63, 3.8) is 0 Å². The molecule has 0 aliphatic carbocycles. The second kappa shape index (κ2) is 9.15. The third-order valence-corrected chi connectivity index (χ3v) is 4.68. The Morgan fingerprint density at radius 1 is 1.26 bits per heavy atom. The quantitative estimate of drug-likeness (QED) is 0.565. The Kier molecular flexibility index (Phi) is 6.57. The number of aryl methyl sites for hydroxylation is 1. The topological polar surface area (TPSA) is 73.1 Å². The van der Waals surface area contributed by atoms with E-state index in [9.17, 15) is 18.0 Å². The summed E-state index contributed by atoms with van der Waals surface area (Å²) in [7, 11) is 0. The van der Waals surface area contributed by atoms with Crippen LogP contribution in [0.3, 0.4) is 0 Å². The van der Waals surface area contributed by atoms with E-state index in [1.54, 1.807) is 41.0 Å². The van der Waals surface area contributed by atoms with Gasteiger partial charge in [-0.2, -0.15) is 18.3 Å². The fourth-order valence-corrected chi connectivity index (χ4v) is 3.06. The van der Waals surface area contributed by atoms with Crippen molar-refractivity contribution in [3.8, 4) is 11.7 Å². The van der Waals surface area contributed by atoms with Gasteiger partial charge in [0.2, 0.25) is 0 Å². The van der Waals surface area contributed by atoms with Crippen LogP contribution in [0.4, 0.5) is 13.2 Å². The van der Waals surface area contributed by atoms with Crippen LogP contribution in [0.2, 0.25) is 0 Å². The number of hydrogen-bond acceptors (Lipinski definition) is 5. The van der Waals surface area contributed by atoms with E-state index in [0.717, 1.165) is 5.56 Å². The minimum atomic E-state index is -4.52. The predicted molar refractivity (Wildman–Crippen MR) is 107 cm³/mol. The average molecular weight is 433 g/mol. The van der Waals surface area contributed by atoms with Gasteiger partial charge < -0.3 is 9.64 Å². The number of benzene rings is 1. The van der Waals surface area contributed by atoms with Crippen molar-refractivity contribution in [1.82, 2.24) is 24.6 Å². The zero-order chi connectivity index (χ0) is 22.6. The summed E-state index contributed by atoms with van der Waals surface area (Å²) in [5.74, 6) is -0.207. The Balaban J connectivity index is 1.74. The van der Waals surface area contributed by atoms with Gasteiger partial charge in [-0.3, -0.25) is 4.79 Å². The number of halogens is 3. The monoisotopic (exact) mass is 433 g/mol. The molecule has 3 rings (SSSR count). The van der Waals surface area contributed by atoms with Crippen LogP contribution in [0.5, 0.6) is 6.01 Å². The molecular weight excluding hydrogens is 411 g/mol. The molecule has 0 fully saturated rings. The van der Waals surface area contributed by atoms with Crippen molar-refractivity contribution in [2.24, 2.45) is 0 Å². The largest absolute Gasteiger partial charge is 0.461 e. The van der Waals surface area contributed by atoms with Gasteiger partial charge in [0.25, 0.3) is 5.91 Å². The SMILES string of the molecule is CCN(C(=O)c1cc(C)ccc1-n1cccn1)[C@@H](C)COc1ncc(C(F)(F)F)cn1. The second-order valence-electron chi connectivity index (χ2n) is 6.97. The summed E-state index contributed by atoms with van der Waals surface area (Å²) >= 11 is 0. The van der Waals surface area contributed by atoms with Gasteiger partial charge in [0, 0.05) is 31.3 Å². The third-order valence-electron chi connectivity index (χ3n) is 4.68. The van der Waals surface area contributed by atoms with Gasteiger partial charge in [-0.25, -0.2) is 14.6 Å². The van der Waals surface area contributed by atoms with Crippen LogP contribution in [-0.2, 0) is 6.18 Å². The summed E-state index contributed by atoms with van der Waals surface area (Å²) in [5.41, 5.74) is 1.11. The first-order chi connectivity index (χ1) is 14.7. The van der Waals surface area contributed by atoms with E-state index in [1.807, 2.05) is 26.0 Å². The Bertz CT molecular complexity index is 1020. The second-order valence-corrected chi connectivity index (χ2v) is 6.97. The molecule has 31 heavy (non-hydrogen) atoms. The van der Waals surface area contributed by atoms with Gasteiger partial charge in [0.1, 0.15) is 6.61 Å². The van der Waals surface area contributed by atoms with Crippen LogP contribution in [0.25, 0.3) is 5.69 Å². The van der Waals surface area contributed by atoms with Crippen LogP contribution in [0, 0.1) is 6.92 Å². The van der Waals surface area contributed by atoms with Gasteiger partial charge in [-0.05, 0) is 39.0 Å². The molecule has 1 amide bonds. The molecule has 3 aromatic rings. The summed E-state index contributed by atoms with van der Waals surface area (Å²) in [4.78, 5) is 22.1. The van der Waals surface area contributed by atoms with E-state index in [2.05, 4.69) is 15.1 Å². The Labute approximate surface area is 177 Å². The number of carbonyl (C=O) groups excluding carboxylic acids is 1. The Hall–Kier alpha value is -3.43. The maximum absolute atomic E-state index is 13.3. The molecule has 0 saturated heterocycles. The van der Waals surface area contributed by atoms with Gasteiger partial charge in [0.05, 0.1) is 22.9 Å². The number of alkyl halides is 3. The number of likely N-dealkylation sites (N-methyl/N-ethyl adjacent to an activating group) is 1. The maximum atomic E-state index is 13.3. The first-order valence-electron chi connectivity index (χ1n) is 9.64. The number of hydrogen-bond donors (Lipinski definition) is 0. The number of amides is 1. The van der Waals surface area contributed by atoms with Gasteiger partial charge in [-0.1, -0.05) is 11.6 Å². The summed E-state index contributed by atoms with van der Waals surface area (Å²) in [5, 5.41) is 4.21. The highest BCUT2D eigenvalue weighted by molar-refractivity contribution is 5.98. The molecule has 0 aliphatic rings. The molecule has 1 atom stereocenters. The number of nitrogens with zero attached hydrogens (tertiary/aromatic N) is 5. The molecule has 10 heteroatoms. The Morgan fingerprint density at radius 2 is 1.97 bits per heavy atom. The molecule has 0 saturated carbocycles. The molecule has 0 bridgehead atoms. The minimum absolute atomic E-state index is 0.0217. The molecule has 2 aromatic heterocycles. The fourth-order valence-electron chi connectivity index (χ4n) is 3.06. The zero-order valence-corrected chi connectivity index (χ0v) is 17.3. The van der Waals surface area contributed by atoms with Gasteiger partial charge in [0.15, 0.2) is 0 Å². The van der Waals surface area contributed by atoms with E-state index in [1.165, 1.54) is 0 Å². The molecular formula is C21H22F3N5O2. The first-order valence-corrected chi connectivity index (χ1v) is 9.64. The summed E-state index contributed by atoms with van der Waals surface area (Å²) < 4.78 is 44.9. The van der Waals surface area contributed by atoms with Crippen molar-refractivity contribution in [2.75, 3.05) is 13.2 Å². The van der Waals surface area contributed by atoms with Gasteiger partial charge in [-0.15, -0.1) is 0 Å². The third kappa shape index (κ3) is 5.19. The molecule has 0 N–H and O–H groups in total. The number of ether oxygens (including phenoxy) is 1. The van der Waals surface area contributed by atoms with Crippen LogP contribution in [0.1, 0.15) is 35.3 Å². The van der Waals surface area contributed by atoms with Crippen molar-refractivity contribution in [3.05, 3.63) is 65.7 Å².